The average molecular weight is 908 g/mol. The second kappa shape index (κ2) is 20.0. The van der Waals surface area contributed by atoms with Gasteiger partial charge in [0, 0.05) is 19.5 Å². The first-order valence-corrected chi connectivity index (χ1v) is 21.8. The zero-order chi connectivity index (χ0) is 29.4. The van der Waals surface area contributed by atoms with Crippen LogP contribution in [0.15, 0.2) is 182 Å². The molecule has 0 aliphatic carbocycles. The van der Waals surface area contributed by atoms with Gasteiger partial charge in [-0.15, -0.1) is 0 Å². The molecule has 1 radical (unpaired) electrons. The molecule has 0 aliphatic rings. The van der Waals surface area contributed by atoms with Gasteiger partial charge in [-0.1, -0.05) is 0 Å². The number of hydrogen-bond donors (Lipinski definition) is 0. The maximum atomic E-state index is 8.98. The van der Waals surface area contributed by atoms with Crippen molar-refractivity contribution in [3.63, 3.8) is 0 Å². The van der Waals surface area contributed by atoms with Crippen molar-refractivity contribution in [2.45, 2.75) is 0 Å². The third-order valence-electron chi connectivity index (χ3n) is 6.09. The van der Waals surface area contributed by atoms with E-state index >= 15 is 0 Å². The van der Waals surface area contributed by atoms with Gasteiger partial charge in [-0.2, -0.15) is 0 Å². The topological polar surface area (TPSA) is 17.1 Å². The quantitative estimate of drug-likeness (QED) is 0.149. The molecular formula is C37H30Cl2ORhSb2. The molecule has 6 rings (SSSR count). The molecule has 6 heteroatoms. The molecule has 0 aliphatic heterocycles. The van der Waals surface area contributed by atoms with Gasteiger partial charge in [0.2, 0.25) is 0 Å². The molecule has 0 unspecified atom stereocenters. The van der Waals surface area contributed by atoms with Gasteiger partial charge in [-0.05, 0) is 23.2 Å². The van der Waals surface area contributed by atoms with Crippen LogP contribution in [-0.2, 0) is 19.5 Å². The van der Waals surface area contributed by atoms with E-state index in [1.54, 1.807) is 0 Å². The van der Waals surface area contributed by atoms with Crippen LogP contribution in [0.1, 0.15) is 0 Å². The molecule has 43 heavy (non-hydrogen) atoms. The van der Waals surface area contributed by atoms with Crippen LogP contribution < -0.4 is 21.1 Å². The molecule has 0 atom stereocenters. The van der Waals surface area contributed by atoms with Gasteiger partial charge in [-0.3, -0.25) is 4.79 Å². The molecule has 0 N–H and O–H groups in total. The SMILES string of the molecule is O=C(Cl)Cl.[Rh].c1cc[c]([Sb]([c]2ccccc2)[c]2ccccc2)cc1.c1cc[c]([Sb]([c]2ccccc2)[c]2ccccc2)cc1. The van der Waals surface area contributed by atoms with E-state index in [4.69, 9.17) is 4.79 Å². The zero-order valence-corrected chi connectivity index (χ0v) is 31.5. The second-order valence-corrected chi connectivity index (χ2v) is 22.5. The Morgan fingerprint density at radius 1 is 0.326 bits per heavy atom. The fraction of sp³-hybridized carbons (Fsp3) is 0. The molecule has 0 amide bonds. The summed E-state index contributed by atoms with van der Waals surface area (Å²) in [5.41, 5.74) is 0. The van der Waals surface area contributed by atoms with Gasteiger partial charge in [-0.25, -0.2) is 0 Å². The molecule has 6 aromatic carbocycles. The van der Waals surface area contributed by atoms with E-state index < -0.39 is 45.1 Å². The van der Waals surface area contributed by atoms with Crippen LogP contribution in [0.5, 0.6) is 0 Å². The predicted molar refractivity (Wildman–Crippen MR) is 185 cm³/mol. The van der Waals surface area contributed by atoms with Crippen molar-refractivity contribution in [3.8, 4) is 0 Å². The van der Waals surface area contributed by atoms with Crippen molar-refractivity contribution in [3.05, 3.63) is 182 Å². The summed E-state index contributed by atoms with van der Waals surface area (Å²) in [5, 5.41) is 0. The summed E-state index contributed by atoms with van der Waals surface area (Å²) < 4.78 is 8.21. The third kappa shape index (κ3) is 11.7. The Balaban J connectivity index is 0.000000206. The Morgan fingerprint density at radius 2 is 0.442 bits per heavy atom. The molecular weight excluding hydrogens is 878 g/mol. The van der Waals surface area contributed by atoms with Gasteiger partial charge < -0.3 is 0 Å². The zero-order valence-electron chi connectivity index (χ0n) is 23.2. The Kier molecular flexibility index (Phi) is 16.4. The Hall–Kier alpha value is -2.17. The van der Waals surface area contributed by atoms with E-state index in [-0.39, 0.29) is 19.5 Å². The normalized spacial score (nSPS) is 9.95. The van der Waals surface area contributed by atoms with E-state index in [1.165, 1.54) is 21.1 Å². The van der Waals surface area contributed by atoms with Crippen LogP contribution in [0.25, 0.3) is 0 Å². The van der Waals surface area contributed by atoms with E-state index in [9.17, 15) is 0 Å². The summed E-state index contributed by atoms with van der Waals surface area (Å²) in [6, 6.07) is 65.8. The summed E-state index contributed by atoms with van der Waals surface area (Å²) >= 11 is 5.15. The minimum atomic E-state index is -1.83. The minimum absolute atomic E-state index is 0. The number of hydrogen-bond acceptors (Lipinski definition) is 1. The average Bonchev–Trinajstić information content (AvgIpc) is 3.05. The van der Waals surface area contributed by atoms with Crippen LogP contribution in [0.3, 0.4) is 0 Å². The summed E-state index contributed by atoms with van der Waals surface area (Å²) in [4.78, 5) is 8.98. The Labute approximate surface area is 292 Å². The van der Waals surface area contributed by atoms with Crippen molar-refractivity contribution >= 4 is 89.4 Å². The van der Waals surface area contributed by atoms with Crippen LogP contribution in [0.4, 0.5) is 4.79 Å². The molecule has 0 saturated heterocycles. The maximum absolute atomic E-state index is 8.98. The number of benzene rings is 6. The number of carbonyl (C=O) groups is 1. The van der Waals surface area contributed by atoms with Crippen molar-refractivity contribution in [2.75, 3.05) is 0 Å². The third-order valence-corrected chi connectivity index (χ3v) is 20.0. The summed E-state index contributed by atoms with van der Waals surface area (Å²) in [6.07, 6.45) is 0. The van der Waals surface area contributed by atoms with Crippen LogP contribution >= 0.6 is 23.2 Å². The fourth-order valence-corrected chi connectivity index (χ4v) is 17.5. The Bertz CT molecular complexity index is 1280. The van der Waals surface area contributed by atoms with E-state index in [2.05, 4.69) is 205 Å². The summed E-state index contributed by atoms with van der Waals surface area (Å²) in [5.74, 6) is 0. The molecule has 0 fully saturated rings. The molecule has 0 aromatic heterocycles. The molecule has 0 bridgehead atoms. The molecule has 0 saturated carbocycles. The van der Waals surface area contributed by atoms with Crippen LogP contribution in [-0.4, -0.2) is 45.1 Å². The molecule has 0 heterocycles. The first-order chi connectivity index (χ1) is 20.6. The Morgan fingerprint density at radius 3 is 0.558 bits per heavy atom. The molecule has 6 aromatic rings. The molecule has 1 nitrogen and oxygen atoms in total. The standard InChI is InChI=1S/6C6H5.CCl2O.Rh.2Sb/c6*1-2-4-6-5-3-1;2-1(3)4;;;/h6*1-5H;;;;. The molecule has 217 valence electrons. The van der Waals surface area contributed by atoms with E-state index in [0.717, 1.165) is 0 Å². The first-order valence-electron chi connectivity index (χ1n) is 13.4. The van der Waals surface area contributed by atoms with Gasteiger partial charge in [0.25, 0.3) is 0 Å². The predicted octanol–water partition coefficient (Wildman–Crippen LogP) is 5.99. The second-order valence-electron chi connectivity index (χ2n) is 8.91. The van der Waals surface area contributed by atoms with Gasteiger partial charge in [0.1, 0.15) is 0 Å². The van der Waals surface area contributed by atoms with Gasteiger partial charge in [0.15, 0.2) is 0 Å². The molecule has 0 spiro atoms. The van der Waals surface area contributed by atoms with Crippen molar-refractivity contribution in [1.29, 1.82) is 0 Å². The van der Waals surface area contributed by atoms with Crippen molar-refractivity contribution in [2.24, 2.45) is 0 Å². The van der Waals surface area contributed by atoms with Gasteiger partial charge in [0.05, 0.1) is 0 Å². The fourth-order valence-electron chi connectivity index (χ4n) is 4.36. The number of carbonyl (C=O) groups excluding carboxylic acids is 1. The van der Waals surface area contributed by atoms with Gasteiger partial charge >= 0.3 is 248 Å². The number of halogens is 2. The number of rotatable bonds is 6. The van der Waals surface area contributed by atoms with Crippen molar-refractivity contribution in [1.82, 2.24) is 0 Å². The van der Waals surface area contributed by atoms with Crippen LogP contribution in [0.2, 0.25) is 0 Å². The summed E-state index contributed by atoms with van der Waals surface area (Å²) in [7, 11) is 0. The first kappa shape index (κ1) is 35.3. The summed E-state index contributed by atoms with van der Waals surface area (Å²) in [6.45, 7) is 0. The van der Waals surface area contributed by atoms with E-state index in [1.807, 2.05) is 0 Å². The van der Waals surface area contributed by atoms with E-state index in [0.29, 0.717) is 0 Å². The van der Waals surface area contributed by atoms with Crippen molar-refractivity contribution < 1.29 is 24.3 Å². The van der Waals surface area contributed by atoms with Crippen LogP contribution in [0, 0.1) is 0 Å². The monoisotopic (exact) mass is 905 g/mol.